The van der Waals surface area contributed by atoms with Crippen LogP contribution in [0.2, 0.25) is 5.02 Å². The van der Waals surface area contributed by atoms with Gasteiger partial charge >= 0.3 is 0 Å². The van der Waals surface area contributed by atoms with Crippen molar-refractivity contribution in [3.05, 3.63) is 53.7 Å². The number of pyridine rings is 1. The molecule has 3 rings (SSSR count). The molecule has 6 heteroatoms. The van der Waals surface area contributed by atoms with Crippen LogP contribution in [0.5, 0.6) is 5.88 Å². The molecule has 0 amide bonds. The predicted octanol–water partition coefficient (Wildman–Crippen LogP) is 4.63. The summed E-state index contributed by atoms with van der Waals surface area (Å²) in [7, 11) is 0. The fourth-order valence-corrected chi connectivity index (χ4v) is 3.39. The molecule has 0 radical (unpaired) electrons. The van der Waals surface area contributed by atoms with Gasteiger partial charge in [0.2, 0.25) is 5.88 Å². The Morgan fingerprint density at radius 2 is 1.96 bits per heavy atom. The zero-order valence-corrected chi connectivity index (χ0v) is 15.1. The number of nitrogens with zero attached hydrogens (tertiary/aromatic N) is 3. The molecule has 1 aromatic carbocycles. The number of aliphatic imine (C=N–C) groups is 1. The van der Waals surface area contributed by atoms with Gasteiger partial charge in [0, 0.05) is 43.2 Å². The van der Waals surface area contributed by atoms with E-state index in [0.29, 0.717) is 5.88 Å². The molecule has 1 aliphatic heterocycles. The van der Waals surface area contributed by atoms with E-state index >= 15 is 0 Å². The molecular formula is C18H20ClN3OS. The van der Waals surface area contributed by atoms with Gasteiger partial charge in [-0.25, -0.2) is 9.98 Å². The first-order valence-corrected chi connectivity index (χ1v) is 9.56. The number of aromatic nitrogens is 1. The van der Waals surface area contributed by atoms with Gasteiger partial charge in [-0.1, -0.05) is 29.4 Å². The molecule has 126 valence electrons. The van der Waals surface area contributed by atoms with Gasteiger partial charge in [0.1, 0.15) is 6.10 Å². The highest BCUT2D eigenvalue weighted by molar-refractivity contribution is 8.13. The fraction of sp³-hybridized carbons (Fsp3) is 0.333. The largest absolute Gasteiger partial charge is 0.474 e. The second-order valence-corrected chi connectivity index (χ2v) is 6.76. The van der Waals surface area contributed by atoms with Crippen LogP contribution in [-0.2, 0) is 0 Å². The van der Waals surface area contributed by atoms with Crippen molar-refractivity contribution >= 4 is 34.2 Å². The van der Waals surface area contributed by atoms with Gasteiger partial charge in [-0.2, -0.15) is 0 Å². The SMILES string of the molecule is CSC(=Nc1ccc(Cl)cc1)N1CCC(Oc2ccccn2)CC1. The van der Waals surface area contributed by atoms with E-state index in [0.717, 1.165) is 41.8 Å². The smallest absolute Gasteiger partial charge is 0.213 e. The van der Waals surface area contributed by atoms with Crippen LogP contribution in [0.25, 0.3) is 0 Å². The second-order valence-electron chi connectivity index (χ2n) is 5.55. The van der Waals surface area contributed by atoms with Gasteiger partial charge in [0.05, 0.1) is 5.69 Å². The number of thioether (sulfide) groups is 1. The van der Waals surface area contributed by atoms with Crippen molar-refractivity contribution in [2.75, 3.05) is 19.3 Å². The minimum atomic E-state index is 0.217. The van der Waals surface area contributed by atoms with Crippen molar-refractivity contribution in [1.82, 2.24) is 9.88 Å². The first kappa shape index (κ1) is 17.1. The average Bonchev–Trinajstić information content (AvgIpc) is 2.63. The van der Waals surface area contributed by atoms with Gasteiger partial charge in [-0.05, 0) is 36.6 Å². The number of hydrogen-bond acceptors (Lipinski definition) is 4. The highest BCUT2D eigenvalue weighted by Gasteiger charge is 2.22. The van der Waals surface area contributed by atoms with Gasteiger partial charge < -0.3 is 9.64 Å². The summed E-state index contributed by atoms with van der Waals surface area (Å²) in [5, 5.41) is 1.76. The van der Waals surface area contributed by atoms with Crippen LogP contribution in [0.15, 0.2) is 53.7 Å². The number of ether oxygens (including phenoxy) is 1. The average molecular weight is 362 g/mol. The van der Waals surface area contributed by atoms with E-state index in [4.69, 9.17) is 21.3 Å². The van der Waals surface area contributed by atoms with Crippen LogP contribution < -0.4 is 4.74 Å². The Morgan fingerprint density at radius 1 is 1.21 bits per heavy atom. The molecule has 0 N–H and O–H groups in total. The lowest BCUT2D eigenvalue weighted by Gasteiger charge is -2.33. The molecular weight excluding hydrogens is 342 g/mol. The van der Waals surface area contributed by atoms with E-state index in [1.54, 1.807) is 18.0 Å². The molecule has 1 fully saturated rings. The Morgan fingerprint density at radius 3 is 2.58 bits per heavy atom. The Labute approximate surface area is 151 Å². The Bertz CT molecular complexity index is 670. The van der Waals surface area contributed by atoms with Gasteiger partial charge in [0.15, 0.2) is 5.17 Å². The highest BCUT2D eigenvalue weighted by atomic mass is 35.5. The first-order valence-electron chi connectivity index (χ1n) is 7.95. The van der Waals surface area contributed by atoms with Crippen molar-refractivity contribution in [3.63, 3.8) is 0 Å². The normalized spacial score (nSPS) is 16.2. The van der Waals surface area contributed by atoms with Crippen LogP contribution >= 0.6 is 23.4 Å². The van der Waals surface area contributed by atoms with E-state index in [1.165, 1.54) is 0 Å². The maximum Gasteiger partial charge on any atom is 0.213 e. The van der Waals surface area contributed by atoms with E-state index in [2.05, 4.69) is 16.1 Å². The number of halogens is 1. The molecule has 2 aromatic rings. The molecule has 2 heterocycles. The summed E-state index contributed by atoms with van der Waals surface area (Å²) >= 11 is 7.60. The molecule has 1 saturated heterocycles. The lowest BCUT2D eigenvalue weighted by molar-refractivity contribution is 0.127. The number of likely N-dealkylation sites (tertiary alicyclic amines) is 1. The maximum absolute atomic E-state index is 5.95. The van der Waals surface area contributed by atoms with Crippen molar-refractivity contribution in [2.45, 2.75) is 18.9 Å². The van der Waals surface area contributed by atoms with Crippen molar-refractivity contribution in [1.29, 1.82) is 0 Å². The summed E-state index contributed by atoms with van der Waals surface area (Å²) in [4.78, 5) is 11.3. The predicted molar refractivity (Wildman–Crippen MR) is 102 cm³/mol. The van der Waals surface area contributed by atoms with Gasteiger partial charge in [-0.3, -0.25) is 0 Å². The van der Waals surface area contributed by atoms with Crippen LogP contribution in [0, 0.1) is 0 Å². The Balaban J connectivity index is 1.59. The first-order chi connectivity index (χ1) is 11.7. The van der Waals surface area contributed by atoms with Crippen LogP contribution in [0.1, 0.15) is 12.8 Å². The summed E-state index contributed by atoms with van der Waals surface area (Å²) in [6.07, 6.45) is 5.98. The zero-order valence-electron chi connectivity index (χ0n) is 13.6. The molecule has 0 atom stereocenters. The van der Waals surface area contributed by atoms with Gasteiger partial charge in [-0.15, -0.1) is 0 Å². The van der Waals surface area contributed by atoms with Crippen molar-refractivity contribution < 1.29 is 4.74 Å². The summed E-state index contributed by atoms with van der Waals surface area (Å²) in [6.45, 7) is 1.87. The fourth-order valence-electron chi connectivity index (χ4n) is 2.62. The number of hydrogen-bond donors (Lipinski definition) is 0. The number of benzene rings is 1. The van der Waals surface area contributed by atoms with Gasteiger partial charge in [0.25, 0.3) is 0 Å². The van der Waals surface area contributed by atoms with E-state index < -0.39 is 0 Å². The maximum atomic E-state index is 5.95. The molecule has 24 heavy (non-hydrogen) atoms. The topological polar surface area (TPSA) is 37.7 Å². The molecule has 1 aromatic heterocycles. The summed E-state index contributed by atoms with van der Waals surface area (Å²) < 4.78 is 5.95. The number of piperidine rings is 1. The van der Waals surface area contributed by atoms with E-state index in [-0.39, 0.29) is 6.10 Å². The molecule has 0 aliphatic carbocycles. The van der Waals surface area contributed by atoms with Crippen LogP contribution in [0.4, 0.5) is 5.69 Å². The van der Waals surface area contributed by atoms with Crippen LogP contribution in [-0.4, -0.2) is 40.5 Å². The second kappa shape index (κ2) is 8.40. The standard InChI is InChI=1S/C18H20ClN3OS/c1-24-18(21-15-7-5-14(19)6-8-15)22-12-9-16(10-13-22)23-17-4-2-3-11-20-17/h2-8,11,16H,9-10,12-13H2,1H3. The molecule has 0 spiro atoms. The summed E-state index contributed by atoms with van der Waals surface area (Å²) in [5.41, 5.74) is 0.926. The van der Waals surface area contributed by atoms with Crippen molar-refractivity contribution in [2.24, 2.45) is 4.99 Å². The van der Waals surface area contributed by atoms with Crippen LogP contribution in [0.3, 0.4) is 0 Å². The lowest BCUT2D eigenvalue weighted by atomic mass is 10.1. The molecule has 1 aliphatic rings. The summed E-state index contributed by atoms with van der Waals surface area (Å²) in [5.74, 6) is 0.705. The zero-order chi connectivity index (χ0) is 16.8. The number of rotatable bonds is 3. The van der Waals surface area contributed by atoms with Crippen molar-refractivity contribution in [3.8, 4) is 5.88 Å². The molecule has 0 bridgehead atoms. The lowest BCUT2D eigenvalue weighted by Crippen LogP contribution is -2.40. The molecule has 0 saturated carbocycles. The Hall–Kier alpha value is -1.72. The highest BCUT2D eigenvalue weighted by Crippen LogP contribution is 2.23. The summed E-state index contributed by atoms with van der Waals surface area (Å²) in [6, 6.07) is 13.4. The third kappa shape index (κ3) is 4.65. The monoisotopic (exact) mass is 361 g/mol. The van der Waals surface area contributed by atoms with E-state index in [9.17, 15) is 0 Å². The third-order valence-electron chi connectivity index (χ3n) is 3.87. The molecule has 0 unspecified atom stereocenters. The third-order valence-corrected chi connectivity index (χ3v) is 4.84. The minimum Gasteiger partial charge on any atom is -0.474 e. The molecule has 4 nitrogen and oxygen atoms in total. The number of amidine groups is 1. The quantitative estimate of drug-likeness (QED) is 0.590. The van der Waals surface area contributed by atoms with E-state index in [1.807, 2.05) is 42.5 Å². The minimum absolute atomic E-state index is 0.217. The Kier molecular flexibility index (Phi) is 5.99.